The minimum absolute atomic E-state index is 0.367. The lowest BCUT2D eigenvalue weighted by molar-refractivity contribution is 0.195. The number of aliphatic hydroxyl groups excluding tert-OH is 1. The van der Waals surface area contributed by atoms with Crippen molar-refractivity contribution in [3.05, 3.63) is 41.4 Å². The van der Waals surface area contributed by atoms with Crippen LogP contribution in [0.4, 0.5) is 0 Å². The second-order valence-electron chi connectivity index (χ2n) is 3.68. The molecule has 4 nitrogen and oxygen atoms in total. The van der Waals surface area contributed by atoms with Gasteiger partial charge in [-0.3, -0.25) is 0 Å². The molecule has 0 fully saturated rings. The second-order valence-corrected chi connectivity index (χ2v) is 4.09. The van der Waals surface area contributed by atoms with Crippen LogP contribution in [0.15, 0.2) is 30.9 Å². The minimum Gasteiger partial charge on any atom is -0.393 e. The van der Waals surface area contributed by atoms with Crippen molar-refractivity contribution in [3.63, 3.8) is 0 Å². The van der Waals surface area contributed by atoms with E-state index in [0.717, 1.165) is 11.3 Å². The van der Waals surface area contributed by atoms with E-state index in [1.165, 1.54) is 6.33 Å². The predicted molar refractivity (Wildman–Crippen MR) is 61.8 cm³/mol. The van der Waals surface area contributed by atoms with Gasteiger partial charge in [-0.05, 0) is 31.0 Å². The Hall–Kier alpha value is -1.39. The number of benzene rings is 1. The highest BCUT2D eigenvalue weighted by Crippen LogP contribution is 2.21. The highest BCUT2D eigenvalue weighted by molar-refractivity contribution is 6.32. The third-order valence-electron chi connectivity index (χ3n) is 2.21. The summed E-state index contributed by atoms with van der Waals surface area (Å²) in [6.07, 6.45) is 3.28. The first kappa shape index (κ1) is 11.1. The lowest BCUT2D eigenvalue weighted by atomic mass is 10.1. The van der Waals surface area contributed by atoms with Gasteiger partial charge in [-0.15, -0.1) is 0 Å². The number of nitrogens with zero attached hydrogens (tertiary/aromatic N) is 3. The van der Waals surface area contributed by atoms with Gasteiger partial charge in [-0.1, -0.05) is 17.7 Å². The Kier molecular flexibility index (Phi) is 3.22. The molecule has 1 heterocycles. The van der Waals surface area contributed by atoms with Crippen LogP contribution >= 0.6 is 11.6 Å². The third kappa shape index (κ3) is 2.40. The summed E-state index contributed by atoms with van der Waals surface area (Å²) in [5, 5.41) is 13.9. The zero-order chi connectivity index (χ0) is 11.5. The summed E-state index contributed by atoms with van der Waals surface area (Å²) in [6, 6.07) is 5.63. The Balaban J connectivity index is 2.30. The molecule has 0 spiro atoms. The summed E-state index contributed by atoms with van der Waals surface area (Å²) in [5.74, 6) is 0. The molecule has 5 heteroatoms. The Morgan fingerprint density at radius 1 is 1.50 bits per heavy atom. The first-order chi connectivity index (χ1) is 7.66. The Morgan fingerprint density at radius 3 is 2.88 bits per heavy atom. The Bertz CT molecular complexity index is 468. The fourth-order valence-electron chi connectivity index (χ4n) is 1.54. The summed E-state index contributed by atoms with van der Waals surface area (Å²) in [7, 11) is 0. The zero-order valence-corrected chi connectivity index (χ0v) is 9.59. The average Bonchev–Trinajstić information content (AvgIpc) is 2.69. The maximum atomic E-state index is 9.28. The molecule has 1 atom stereocenters. The zero-order valence-electron chi connectivity index (χ0n) is 8.84. The molecule has 1 N–H and O–H groups in total. The van der Waals surface area contributed by atoms with Crippen LogP contribution in [0.2, 0.25) is 5.02 Å². The summed E-state index contributed by atoms with van der Waals surface area (Å²) in [5.41, 5.74) is 1.79. The summed E-state index contributed by atoms with van der Waals surface area (Å²) in [6.45, 7) is 1.75. The molecular formula is C11H12ClN3O. The number of rotatable bonds is 3. The second kappa shape index (κ2) is 4.63. The van der Waals surface area contributed by atoms with Gasteiger partial charge in [0.1, 0.15) is 12.7 Å². The SMILES string of the molecule is CC(O)Cc1ccc(-n2cncn2)c(Cl)c1. The molecule has 2 aromatic rings. The van der Waals surface area contributed by atoms with E-state index in [0.29, 0.717) is 11.4 Å². The van der Waals surface area contributed by atoms with Gasteiger partial charge in [0.25, 0.3) is 0 Å². The molecule has 0 saturated carbocycles. The van der Waals surface area contributed by atoms with Crippen molar-refractivity contribution >= 4 is 11.6 Å². The van der Waals surface area contributed by atoms with Crippen molar-refractivity contribution < 1.29 is 5.11 Å². The normalized spacial score (nSPS) is 12.7. The molecule has 0 saturated heterocycles. The van der Waals surface area contributed by atoms with E-state index in [2.05, 4.69) is 10.1 Å². The molecule has 0 amide bonds. The summed E-state index contributed by atoms with van der Waals surface area (Å²) in [4.78, 5) is 3.86. The van der Waals surface area contributed by atoms with Gasteiger partial charge in [-0.2, -0.15) is 5.10 Å². The highest BCUT2D eigenvalue weighted by Gasteiger charge is 2.06. The van der Waals surface area contributed by atoms with Crippen molar-refractivity contribution in [3.8, 4) is 5.69 Å². The molecule has 1 aromatic carbocycles. The van der Waals surface area contributed by atoms with Crippen molar-refractivity contribution in [2.24, 2.45) is 0 Å². The fraction of sp³-hybridized carbons (Fsp3) is 0.273. The third-order valence-corrected chi connectivity index (χ3v) is 2.51. The van der Waals surface area contributed by atoms with E-state index < -0.39 is 0 Å². The molecule has 1 unspecified atom stereocenters. The molecule has 84 valence electrons. The standard InChI is InChI=1S/C11H12ClN3O/c1-8(16)4-9-2-3-11(10(12)5-9)15-7-13-6-14-15/h2-3,5-8,16H,4H2,1H3. The van der Waals surface area contributed by atoms with E-state index in [4.69, 9.17) is 11.6 Å². The van der Waals surface area contributed by atoms with Crippen LogP contribution in [-0.4, -0.2) is 26.0 Å². The molecule has 0 radical (unpaired) electrons. The number of hydrogen-bond acceptors (Lipinski definition) is 3. The number of aromatic nitrogens is 3. The first-order valence-electron chi connectivity index (χ1n) is 4.98. The quantitative estimate of drug-likeness (QED) is 0.886. The van der Waals surface area contributed by atoms with Gasteiger partial charge in [0.05, 0.1) is 16.8 Å². The van der Waals surface area contributed by atoms with Crippen molar-refractivity contribution in [2.75, 3.05) is 0 Å². The predicted octanol–water partition coefficient (Wildman–Crippen LogP) is 1.84. The number of halogens is 1. The maximum Gasteiger partial charge on any atom is 0.138 e. The molecule has 0 aliphatic carbocycles. The number of hydrogen-bond donors (Lipinski definition) is 1. The molecule has 2 rings (SSSR count). The van der Waals surface area contributed by atoms with Crippen LogP contribution < -0.4 is 0 Å². The average molecular weight is 238 g/mol. The molecular weight excluding hydrogens is 226 g/mol. The Morgan fingerprint density at radius 2 is 2.31 bits per heavy atom. The van der Waals surface area contributed by atoms with Crippen LogP contribution in [0.1, 0.15) is 12.5 Å². The maximum absolute atomic E-state index is 9.28. The molecule has 16 heavy (non-hydrogen) atoms. The van der Waals surface area contributed by atoms with Crippen LogP contribution in [0.25, 0.3) is 5.69 Å². The van der Waals surface area contributed by atoms with Gasteiger partial charge < -0.3 is 5.11 Å². The van der Waals surface area contributed by atoms with Crippen molar-refractivity contribution in [1.82, 2.24) is 14.8 Å². The fourth-order valence-corrected chi connectivity index (χ4v) is 1.83. The molecule has 0 bridgehead atoms. The monoisotopic (exact) mass is 237 g/mol. The van der Waals surface area contributed by atoms with Crippen molar-refractivity contribution in [2.45, 2.75) is 19.4 Å². The molecule has 0 aliphatic rings. The van der Waals surface area contributed by atoms with Gasteiger partial charge in [0, 0.05) is 0 Å². The van der Waals surface area contributed by atoms with Gasteiger partial charge in [0.15, 0.2) is 0 Å². The van der Waals surface area contributed by atoms with E-state index in [1.807, 2.05) is 18.2 Å². The van der Waals surface area contributed by atoms with E-state index in [-0.39, 0.29) is 6.10 Å². The van der Waals surface area contributed by atoms with E-state index >= 15 is 0 Å². The van der Waals surface area contributed by atoms with Gasteiger partial charge in [-0.25, -0.2) is 9.67 Å². The smallest absolute Gasteiger partial charge is 0.138 e. The molecule has 1 aromatic heterocycles. The summed E-state index contributed by atoms with van der Waals surface area (Å²) < 4.78 is 1.61. The number of aliphatic hydroxyl groups is 1. The van der Waals surface area contributed by atoms with Crippen molar-refractivity contribution in [1.29, 1.82) is 0 Å². The lowest BCUT2D eigenvalue weighted by Gasteiger charge is -2.08. The van der Waals surface area contributed by atoms with Gasteiger partial charge >= 0.3 is 0 Å². The van der Waals surface area contributed by atoms with Gasteiger partial charge in [0.2, 0.25) is 0 Å². The topological polar surface area (TPSA) is 50.9 Å². The lowest BCUT2D eigenvalue weighted by Crippen LogP contribution is -2.04. The first-order valence-corrected chi connectivity index (χ1v) is 5.36. The largest absolute Gasteiger partial charge is 0.393 e. The van der Waals surface area contributed by atoms with Crippen LogP contribution in [0, 0.1) is 0 Å². The van der Waals surface area contributed by atoms with E-state index in [9.17, 15) is 5.11 Å². The minimum atomic E-state index is -0.367. The summed E-state index contributed by atoms with van der Waals surface area (Å²) >= 11 is 6.13. The Labute approximate surface area is 98.5 Å². The van der Waals surface area contributed by atoms with E-state index in [1.54, 1.807) is 17.9 Å². The molecule has 0 aliphatic heterocycles. The van der Waals surface area contributed by atoms with Crippen LogP contribution in [0.5, 0.6) is 0 Å². The van der Waals surface area contributed by atoms with Crippen LogP contribution in [0.3, 0.4) is 0 Å². The highest BCUT2D eigenvalue weighted by atomic mass is 35.5. The van der Waals surface area contributed by atoms with Crippen LogP contribution in [-0.2, 0) is 6.42 Å².